The Balaban J connectivity index is 1.78. The van der Waals surface area contributed by atoms with Crippen LogP contribution in [0, 0.1) is 11.3 Å². The van der Waals surface area contributed by atoms with Crippen molar-refractivity contribution in [1.82, 2.24) is 4.90 Å². The van der Waals surface area contributed by atoms with Gasteiger partial charge in [0.1, 0.15) is 0 Å². The molecule has 1 aromatic carbocycles. The molecule has 104 valence electrons. The first kappa shape index (κ1) is 14.1. The maximum atomic E-state index is 7.38. The van der Waals surface area contributed by atoms with Crippen LogP contribution in [0.3, 0.4) is 0 Å². The molecule has 1 aromatic rings. The van der Waals surface area contributed by atoms with E-state index < -0.39 is 0 Å². The average Bonchev–Trinajstić information content (AvgIpc) is 2.40. The number of likely N-dealkylation sites (tertiary alicyclic amines) is 1. The lowest BCUT2D eigenvalue weighted by atomic mass is 9.89. The van der Waals surface area contributed by atoms with Gasteiger partial charge in [-0.1, -0.05) is 30.3 Å². The van der Waals surface area contributed by atoms with Crippen LogP contribution in [-0.2, 0) is 6.42 Å². The van der Waals surface area contributed by atoms with E-state index in [1.165, 1.54) is 24.8 Å². The predicted octanol–water partition coefficient (Wildman–Crippen LogP) is 2.66. The number of hydrogen-bond donors (Lipinski definition) is 2. The van der Waals surface area contributed by atoms with E-state index in [2.05, 4.69) is 42.2 Å². The van der Waals surface area contributed by atoms with E-state index in [0.717, 1.165) is 19.0 Å². The van der Waals surface area contributed by atoms with Crippen molar-refractivity contribution in [3.63, 3.8) is 0 Å². The zero-order valence-electron chi connectivity index (χ0n) is 11.8. The second kappa shape index (κ2) is 6.71. The quantitative estimate of drug-likeness (QED) is 0.631. The van der Waals surface area contributed by atoms with Crippen molar-refractivity contribution in [2.24, 2.45) is 11.7 Å². The Morgan fingerprint density at radius 1 is 1.32 bits per heavy atom. The normalized spacial score (nSPS) is 19.2. The van der Waals surface area contributed by atoms with Crippen molar-refractivity contribution in [3.8, 4) is 0 Å². The van der Waals surface area contributed by atoms with Crippen molar-refractivity contribution in [1.29, 1.82) is 5.41 Å². The smallest absolute Gasteiger partial charge is 0.0920 e. The van der Waals surface area contributed by atoms with Gasteiger partial charge in [-0.3, -0.25) is 5.41 Å². The first-order valence-electron chi connectivity index (χ1n) is 7.26. The fraction of sp³-hybridized carbons (Fsp3) is 0.562. The molecule has 0 amide bonds. The number of rotatable bonds is 5. The summed E-state index contributed by atoms with van der Waals surface area (Å²) in [6.45, 7) is 4.47. The third-order valence-electron chi connectivity index (χ3n) is 4.15. The highest BCUT2D eigenvalue weighted by atomic mass is 15.2. The van der Waals surface area contributed by atoms with Gasteiger partial charge in [0.15, 0.2) is 0 Å². The zero-order chi connectivity index (χ0) is 13.7. The maximum Gasteiger partial charge on any atom is 0.0920 e. The molecule has 1 atom stereocenters. The lowest BCUT2D eigenvalue weighted by Crippen LogP contribution is -2.42. The molecule has 0 aliphatic carbocycles. The Hall–Kier alpha value is -1.35. The average molecular weight is 259 g/mol. The van der Waals surface area contributed by atoms with Crippen LogP contribution in [0.2, 0.25) is 0 Å². The second-order valence-corrected chi connectivity index (χ2v) is 5.75. The Morgan fingerprint density at radius 3 is 2.53 bits per heavy atom. The second-order valence-electron chi connectivity index (χ2n) is 5.75. The number of hydrogen-bond acceptors (Lipinski definition) is 2. The summed E-state index contributed by atoms with van der Waals surface area (Å²) in [5.74, 6) is 1.11. The van der Waals surface area contributed by atoms with Crippen molar-refractivity contribution in [2.75, 3.05) is 13.1 Å². The topological polar surface area (TPSA) is 53.1 Å². The highest BCUT2D eigenvalue weighted by Crippen LogP contribution is 2.23. The third kappa shape index (κ3) is 4.35. The van der Waals surface area contributed by atoms with E-state index in [4.69, 9.17) is 11.1 Å². The molecule has 1 aliphatic rings. The number of nitrogens with one attached hydrogen (secondary N) is 1. The molecule has 1 saturated heterocycles. The highest BCUT2D eigenvalue weighted by Gasteiger charge is 2.23. The number of nitrogens with zero attached hydrogens (tertiary/aromatic N) is 1. The van der Waals surface area contributed by atoms with Crippen LogP contribution in [0.1, 0.15) is 31.7 Å². The summed E-state index contributed by atoms with van der Waals surface area (Å²) in [7, 11) is 0. The van der Waals surface area contributed by atoms with E-state index in [9.17, 15) is 0 Å². The SMILES string of the molecule is CC(CC(=N)N)N1CCC(Cc2ccccc2)CC1. The molecule has 0 bridgehead atoms. The fourth-order valence-corrected chi connectivity index (χ4v) is 2.99. The summed E-state index contributed by atoms with van der Waals surface area (Å²) < 4.78 is 0. The van der Waals surface area contributed by atoms with Crippen molar-refractivity contribution in [3.05, 3.63) is 35.9 Å². The minimum atomic E-state index is 0.305. The molecule has 0 radical (unpaired) electrons. The summed E-state index contributed by atoms with van der Waals surface area (Å²) >= 11 is 0. The predicted molar refractivity (Wildman–Crippen MR) is 80.4 cm³/mol. The highest BCUT2D eigenvalue weighted by molar-refractivity contribution is 5.77. The van der Waals surface area contributed by atoms with Gasteiger partial charge in [-0.15, -0.1) is 0 Å². The van der Waals surface area contributed by atoms with Crippen LogP contribution in [0.4, 0.5) is 0 Å². The molecular weight excluding hydrogens is 234 g/mol. The molecule has 1 fully saturated rings. The molecule has 1 unspecified atom stereocenters. The van der Waals surface area contributed by atoms with Crippen LogP contribution in [0.5, 0.6) is 0 Å². The molecule has 2 rings (SSSR count). The lowest BCUT2D eigenvalue weighted by Gasteiger charge is -2.36. The summed E-state index contributed by atoms with van der Waals surface area (Å²) in [6, 6.07) is 11.2. The van der Waals surface area contributed by atoms with E-state index >= 15 is 0 Å². The van der Waals surface area contributed by atoms with Crippen LogP contribution in [0.25, 0.3) is 0 Å². The van der Waals surface area contributed by atoms with E-state index in [1.807, 2.05) is 0 Å². The number of amidine groups is 1. The summed E-state index contributed by atoms with van der Waals surface area (Å²) in [5, 5.41) is 7.38. The summed E-state index contributed by atoms with van der Waals surface area (Å²) in [6.07, 6.45) is 4.42. The van der Waals surface area contributed by atoms with Crippen LogP contribution in [0.15, 0.2) is 30.3 Å². The number of benzene rings is 1. The lowest BCUT2D eigenvalue weighted by molar-refractivity contribution is 0.143. The summed E-state index contributed by atoms with van der Waals surface area (Å²) in [4.78, 5) is 2.48. The van der Waals surface area contributed by atoms with Crippen LogP contribution >= 0.6 is 0 Å². The molecule has 3 N–H and O–H groups in total. The van der Waals surface area contributed by atoms with Crippen molar-refractivity contribution >= 4 is 5.84 Å². The monoisotopic (exact) mass is 259 g/mol. The largest absolute Gasteiger partial charge is 0.388 e. The number of piperidine rings is 1. The Labute approximate surface area is 116 Å². The van der Waals surface area contributed by atoms with E-state index in [-0.39, 0.29) is 0 Å². The molecule has 3 nitrogen and oxygen atoms in total. The minimum absolute atomic E-state index is 0.305. The molecule has 0 spiro atoms. The molecule has 0 saturated carbocycles. The van der Waals surface area contributed by atoms with Crippen molar-refractivity contribution < 1.29 is 0 Å². The van der Waals surface area contributed by atoms with Gasteiger partial charge in [-0.2, -0.15) is 0 Å². The first-order valence-corrected chi connectivity index (χ1v) is 7.26. The molecular formula is C16H25N3. The van der Waals surface area contributed by atoms with Crippen LogP contribution < -0.4 is 5.73 Å². The van der Waals surface area contributed by atoms with Gasteiger partial charge in [0.2, 0.25) is 0 Å². The Morgan fingerprint density at radius 2 is 1.95 bits per heavy atom. The van der Waals surface area contributed by atoms with E-state index in [1.54, 1.807) is 0 Å². The minimum Gasteiger partial charge on any atom is -0.388 e. The van der Waals surface area contributed by atoms with E-state index in [0.29, 0.717) is 18.3 Å². The van der Waals surface area contributed by atoms with Crippen LogP contribution in [-0.4, -0.2) is 29.9 Å². The van der Waals surface area contributed by atoms with Gasteiger partial charge in [0.05, 0.1) is 5.84 Å². The molecule has 1 aliphatic heterocycles. The summed E-state index contributed by atoms with van der Waals surface area (Å²) in [5.41, 5.74) is 6.94. The molecule has 19 heavy (non-hydrogen) atoms. The first-order chi connectivity index (χ1) is 9.15. The molecule has 3 heteroatoms. The molecule has 1 heterocycles. The third-order valence-corrected chi connectivity index (χ3v) is 4.15. The fourth-order valence-electron chi connectivity index (χ4n) is 2.99. The van der Waals surface area contributed by atoms with Gasteiger partial charge < -0.3 is 10.6 Å². The standard InChI is InChI=1S/C16H25N3/c1-13(11-16(17)18)19-9-7-15(8-10-19)12-14-5-3-2-4-6-14/h2-6,13,15H,7-12H2,1H3,(H3,17,18). The maximum absolute atomic E-state index is 7.38. The Bertz CT molecular complexity index is 394. The van der Waals surface area contributed by atoms with Gasteiger partial charge in [-0.25, -0.2) is 0 Å². The van der Waals surface area contributed by atoms with Gasteiger partial charge in [0.25, 0.3) is 0 Å². The van der Waals surface area contributed by atoms with Gasteiger partial charge in [0, 0.05) is 12.5 Å². The van der Waals surface area contributed by atoms with Gasteiger partial charge in [-0.05, 0) is 50.8 Å². The zero-order valence-corrected chi connectivity index (χ0v) is 11.8. The van der Waals surface area contributed by atoms with Gasteiger partial charge >= 0.3 is 0 Å². The Kier molecular flexibility index (Phi) is 4.97. The molecule has 0 aromatic heterocycles. The van der Waals surface area contributed by atoms with Crippen molar-refractivity contribution in [2.45, 2.75) is 38.6 Å². The number of nitrogens with two attached hydrogens (primary N) is 1.